The summed E-state index contributed by atoms with van der Waals surface area (Å²) in [4.78, 5) is 24.2. The fourth-order valence-corrected chi connectivity index (χ4v) is 3.36. The molecule has 0 atom stereocenters. The van der Waals surface area contributed by atoms with Gasteiger partial charge in [-0.3, -0.25) is 10.2 Å². The van der Waals surface area contributed by atoms with E-state index in [1.165, 1.54) is 6.08 Å². The maximum absolute atomic E-state index is 12.9. The quantitative estimate of drug-likeness (QED) is 0.145. The average molecular weight is 455 g/mol. The molecule has 0 unspecified atom stereocenters. The van der Waals surface area contributed by atoms with Crippen molar-refractivity contribution in [2.45, 2.75) is 6.92 Å². The summed E-state index contributed by atoms with van der Waals surface area (Å²) < 4.78 is 11.9. The van der Waals surface area contributed by atoms with Crippen molar-refractivity contribution in [1.82, 2.24) is 5.43 Å². The molecule has 0 spiro atoms. The second kappa shape index (κ2) is 9.36. The molecular weight excluding hydrogens is 436 g/mol. The molecule has 3 N–H and O–H groups in total. The summed E-state index contributed by atoms with van der Waals surface area (Å²) in [7, 11) is 0. The van der Waals surface area contributed by atoms with E-state index in [9.17, 15) is 9.59 Å². The molecule has 3 aromatic carbocycles. The molecule has 0 aliphatic heterocycles. The van der Waals surface area contributed by atoms with Crippen molar-refractivity contribution in [2.75, 3.05) is 6.61 Å². The predicted octanol–water partition coefficient (Wildman–Crippen LogP) is 4.22. The van der Waals surface area contributed by atoms with Crippen LogP contribution in [0.3, 0.4) is 0 Å². The lowest BCUT2D eigenvalue weighted by Crippen LogP contribution is -2.27. The Balaban J connectivity index is 1.96. The highest BCUT2D eigenvalue weighted by molar-refractivity contribution is 9.10. The van der Waals surface area contributed by atoms with Crippen LogP contribution in [0.5, 0.6) is 11.5 Å². The molecular formula is C22H19BrN2O4. The number of carbonyl (C=O) groups excluding carboxylic acids is 2. The van der Waals surface area contributed by atoms with Gasteiger partial charge < -0.3 is 9.47 Å². The normalized spacial score (nSPS) is 10.9. The molecule has 6 nitrogen and oxygen atoms in total. The van der Waals surface area contributed by atoms with E-state index in [0.717, 1.165) is 10.8 Å². The number of nitrogens with one attached hydrogen (secondary N) is 1. The van der Waals surface area contributed by atoms with E-state index in [1.807, 2.05) is 48.7 Å². The Morgan fingerprint density at radius 2 is 1.90 bits per heavy atom. The summed E-state index contributed by atoms with van der Waals surface area (Å²) in [5, 5.41) is 1.76. The number of benzene rings is 3. The van der Waals surface area contributed by atoms with Crippen molar-refractivity contribution in [3.63, 3.8) is 0 Å². The minimum absolute atomic E-state index is 0.269. The summed E-state index contributed by atoms with van der Waals surface area (Å²) >= 11 is 3.43. The number of halogens is 1. The van der Waals surface area contributed by atoms with Gasteiger partial charge in [-0.15, -0.1) is 0 Å². The van der Waals surface area contributed by atoms with Crippen molar-refractivity contribution < 1.29 is 19.1 Å². The minimum Gasteiger partial charge on any atom is -0.490 e. The van der Waals surface area contributed by atoms with Crippen LogP contribution >= 0.6 is 15.9 Å². The first-order valence-electron chi connectivity index (χ1n) is 8.88. The van der Waals surface area contributed by atoms with Gasteiger partial charge in [-0.05, 0) is 63.5 Å². The molecule has 0 radical (unpaired) electrons. The fourth-order valence-electron chi connectivity index (χ4n) is 2.82. The monoisotopic (exact) mass is 454 g/mol. The van der Waals surface area contributed by atoms with E-state index in [2.05, 4.69) is 15.9 Å². The van der Waals surface area contributed by atoms with Crippen LogP contribution in [0.25, 0.3) is 16.8 Å². The molecule has 0 bridgehead atoms. The van der Waals surface area contributed by atoms with Gasteiger partial charge in [-0.25, -0.2) is 10.6 Å². The van der Waals surface area contributed by atoms with Gasteiger partial charge in [-0.2, -0.15) is 0 Å². The molecule has 0 fully saturated rings. The van der Waals surface area contributed by atoms with Gasteiger partial charge in [0.15, 0.2) is 11.5 Å². The Bertz CT molecular complexity index is 1090. The Morgan fingerprint density at radius 1 is 1.14 bits per heavy atom. The third-order valence-corrected chi connectivity index (χ3v) is 4.69. The van der Waals surface area contributed by atoms with Crippen molar-refractivity contribution in [3.05, 3.63) is 76.3 Å². The minimum atomic E-state index is -0.491. The summed E-state index contributed by atoms with van der Waals surface area (Å²) in [6.07, 6.45) is 2.87. The highest BCUT2D eigenvalue weighted by Gasteiger charge is 2.18. The molecule has 29 heavy (non-hydrogen) atoms. The topological polar surface area (TPSA) is 90.7 Å². The molecule has 0 aromatic heterocycles. The molecule has 148 valence electrons. The molecule has 7 heteroatoms. The number of hydrogen-bond acceptors (Lipinski definition) is 5. The maximum Gasteiger partial charge on any atom is 0.344 e. The van der Waals surface area contributed by atoms with Crippen LogP contribution < -0.4 is 20.7 Å². The van der Waals surface area contributed by atoms with Crippen LogP contribution in [0.2, 0.25) is 0 Å². The second-order valence-corrected chi connectivity index (χ2v) is 6.88. The largest absolute Gasteiger partial charge is 0.490 e. The Labute approximate surface area is 176 Å². The van der Waals surface area contributed by atoms with Crippen molar-refractivity contribution >= 4 is 44.7 Å². The van der Waals surface area contributed by atoms with Crippen molar-refractivity contribution in [3.8, 4) is 11.5 Å². The number of hydrogen-bond donors (Lipinski definition) is 2. The SMILES string of the molecule is CCOc1cc(/C=C/C(=O)NN)cc(Br)c1OC(=O)c1cccc2ccccc12. The lowest BCUT2D eigenvalue weighted by atomic mass is 10.0. The van der Waals surface area contributed by atoms with Gasteiger partial charge in [-0.1, -0.05) is 36.4 Å². The van der Waals surface area contributed by atoms with E-state index in [1.54, 1.807) is 24.3 Å². The van der Waals surface area contributed by atoms with Crippen LogP contribution in [0, 0.1) is 0 Å². The highest BCUT2D eigenvalue weighted by atomic mass is 79.9. The Kier molecular flexibility index (Phi) is 6.64. The molecule has 0 aliphatic rings. The summed E-state index contributed by atoms with van der Waals surface area (Å²) in [5.41, 5.74) is 3.16. The van der Waals surface area contributed by atoms with E-state index >= 15 is 0 Å². The fraction of sp³-hybridized carbons (Fsp3) is 0.0909. The van der Waals surface area contributed by atoms with Crippen LogP contribution in [0.1, 0.15) is 22.8 Å². The zero-order valence-electron chi connectivity index (χ0n) is 15.6. The maximum atomic E-state index is 12.9. The van der Waals surface area contributed by atoms with Gasteiger partial charge in [0.25, 0.3) is 5.91 Å². The van der Waals surface area contributed by atoms with Gasteiger partial charge in [0.1, 0.15) is 0 Å². The summed E-state index contributed by atoms with van der Waals surface area (Å²) in [6.45, 7) is 2.20. The first kappa shape index (κ1) is 20.6. The standard InChI is InChI=1S/C22H19BrN2O4/c1-2-28-19-13-14(10-11-20(26)25-24)12-18(23)21(19)29-22(27)17-9-5-7-15-6-3-4-8-16(15)17/h3-13H,2,24H2,1H3,(H,25,26)/b11-10+. The number of carbonyl (C=O) groups is 2. The van der Waals surface area contributed by atoms with Gasteiger partial charge >= 0.3 is 5.97 Å². The van der Waals surface area contributed by atoms with Gasteiger partial charge in [0.05, 0.1) is 16.6 Å². The van der Waals surface area contributed by atoms with Crippen LogP contribution in [0.4, 0.5) is 0 Å². The van der Waals surface area contributed by atoms with E-state index in [0.29, 0.717) is 28.0 Å². The Morgan fingerprint density at radius 3 is 2.66 bits per heavy atom. The predicted molar refractivity (Wildman–Crippen MR) is 116 cm³/mol. The van der Waals surface area contributed by atoms with Crippen molar-refractivity contribution in [1.29, 1.82) is 0 Å². The number of nitrogens with two attached hydrogens (primary N) is 1. The highest BCUT2D eigenvalue weighted by Crippen LogP contribution is 2.38. The van der Waals surface area contributed by atoms with Crippen LogP contribution in [-0.2, 0) is 4.79 Å². The molecule has 3 rings (SSSR count). The number of esters is 1. The average Bonchev–Trinajstić information content (AvgIpc) is 2.74. The van der Waals surface area contributed by atoms with Crippen LogP contribution in [-0.4, -0.2) is 18.5 Å². The third kappa shape index (κ3) is 4.82. The number of fused-ring (bicyclic) bond motifs is 1. The first-order chi connectivity index (χ1) is 14.0. The zero-order valence-corrected chi connectivity index (χ0v) is 17.2. The number of rotatable bonds is 6. The molecule has 0 aliphatic carbocycles. The molecule has 1 amide bonds. The number of ether oxygens (including phenoxy) is 2. The molecule has 0 saturated heterocycles. The molecule has 3 aromatic rings. The lowest BCUT2D eigenvalue weighted by molar-refractivity contribution is -0.116. The zero-order chi connectivity index (χ0) is 20.8. The molecule has 0 heterocycles. The summed E-state index contributed by atoms with van der Waals surface area (Å²) in [5.74, 6) is 4.79. The smallest absolute Gasteiger partial charge is 0.344 e. The summed E-state index contributed by atoms with van der Waals surface area (Å²) in [6, 6.07) is 16.5. The first-order valence-corrected chi connectivity index (χ1v) is 9.67. The molecule has 0 saturated carbocycles. The third-order valence-electron chi connectivity index (χ3n) is 4.11. The van der Waals surface area contributed by atoms with Crippen LogP contribution in [0.15, 0.2) is 65.1 Å². The van der Waals surface area contributed by atoms with E-state index in [4.69, 9.17) is 15.3 Å². The van der Waals surface area contributed by atoms with E-state index < -0.39 is 11.9 Å². The Hall–Kier alpha value is -3.16. The lowest BCUT2D eigenvalue weighted by Gasteiger charge is -2.14. The number of amides is 1. The van der Waals surface area contributed by atoms with Gasteiger partial charge in [0.2, 0.25) is 0 Å². The number of hydrazine groups is 1. The second-order valence-electron chi connectivity index (χ2n) is 6.02. The van der Waals surface area contributed by atoms with Gasteiger partial charge in [0, 0.05) is 6.08 Å². The van der Waals surface area contributed by atoms with Crippen molar-refractivity contribution in [2.24, 2.45) is 5.84 Å². The van der Waals surface area contributed by atoms with E-state index in [-0.39, 0.29) is 5.75 Å².